The average Bonchev–Trinajstić information content (AvgIpc) is 2.56. The highest BCUT2D eigenvalue weighted by molar-refractivity contribution is 7.92. The summed E-state index contributed by atoms with van der Waals surface area (Å²) >= 11 is 0. The van der Waals surface area contributed by atoms with Crippen LogP contribution in [0, 0.1) is 13.8 Å². The summed E-state index contributed by atoms with van der Waals surface area (Å²) in [4.78, 5) is 14.0. The van der Waals surface area contributed by atoms with E-state index in [9.17, 15) is 13.2 Å². The minimum Gasteiger partial charge on any atom is -0.314 e. The molecule has 0 spiro atoms. The molecule has 1 unspecified atom stereocenters. The minimum atomic E-state index is -3.60. The van der Waals surface area contributed by atoms with Gasteiger partial charge in [-0.15, -0.1) is 0 Å². The van der Waals surface area contributed by atoms with Crippen molar-refractivity contribution >= 4 is 21.4 Å². The molecule has 0 fully saturated rings. The molecule has 0 bridgehead atoms. The molecular formula is C19H23NO3S. The largest absolute Gasteiger partial charge is 0.314 e. The number of nitrogens with zero attached hydrogens (tertiary/aromatic N) is 1. The molecule has 0 saturated heterocycles. The number of hydrogen-bond acceptors (Lipinski definition) is 3. The predicted octanol–water partition coefficient (Wildman–Crippen LogP) is 3.27. The number of anilines is 1. The van der Waals surface area contributed by atoms with Crippen molar-refractivity contribution in [1.82, 2.24) is 0 Å². The second-order valence-corrected chi connectivity index (χ2v) is 8.43. The molecule has 0 radical (unpaired) electrons. The van der Waals surface area contributed by atoms with Crippen LogP contribution in [0.15, 0.2) is 48.5 Å². The molecule has 4 nitrogen and oxygen atoms in total. The number of rotatable bonds is 5. The predicted molar refractivity (Wildman–Crippen MR) is 97.9 cm³/mol. The van der Waals surface area contributed by atoms with E-state index in [4.69, 9.17) is 0 Å². The van der Waals surface area contributed by atoms with E-state index in [0.29, 0.717) is 5.69 Å². The third-order valence-electron chi connectivity index (χ3n) is 4.22. The fourth-order valence-electron chi connectivity index (χ4n) is 2.50. The van der Waals surface area contributed by atoms with E-state index in [1.54, 1.807) is 19.2 Å². The van der Waals surface area contributed by atoms with Crippen LogP contribution in [-0.2, 0) is 20.4 Å². The van der Waals surface area contributed by atoms with Crippen LogP contribution in [-0.4, -0.2) is 26.6 Å². The van der Waals surface area contributed by atoms with Crippen molar-refractivity contribution in [2.75, 3.05) is 11.9 Å². The van der Waals surface area contributed by atoms with Crippen LogP contribution in [0.4, 0.5) is 5.69 Å². The maximum Gasteiger partial charge on any atom is 0.244 e. The van der Waals surface area contributed by atoms with Gasteiger partial charge in [0.25, 0.3) is 0 Å². The minimum absolute atomic E-state index is 0.129. The van der Waals surface area contributed by atoms with Gasteiger partial charge in [-0.25, -0.2) is 8.42 Å². The lowest BCUT2D eigenvalue weighted by molar-refractivity contribution is -0.117. The number of sulfone groups is 1. The molecule has 1 atom stereocenters. The lowest BCUT2D eigenvalue weighted by Gasteiger charge is -2.22. The SMILES string of the molecule is Cc1ccc(C)c(CS(=O)(=O)C(C)C(=O)N(C)c2ccccc2)c1. The monoisotopic (exact) mass is 345 g/mol. The first-order valence-corrected chi connectivity index (χ1v) is 9.54. The van der Waals surface area contributed by atoms with E-state index in [2.05, 4.69) is 0 Å². The van der Waals surface area contributed by atoms with E-state index in [1.807, 2.05) is 50.2 Å². The molecule has 0 heterocycles. The summed E-state index contributed by atoms with van der Waals surface area (Å²) in [6.45, 7) is 5.27. The van der Waals surface area contributed by atoms with Gasteiger partial charge in [-0.3, -0.25) is 4.79 Å². The lowest BCUT2D eigenvalue weighted by atomic mass is 10.1. The second-order valence-electron chi connectivity index (χ2n) is 6.11. The number of aryl methyl sites for hydroxylation is 2. The summed E-state index contributed by atoms with van der Waals surface area (Å²) in [5, 5.41) is -1.09. The first kappa shape index (κ1) is 18.2. The molecule has 24 heavy (non-hydrogen) atoms. The van der Waals surface area contributed by atoms with Crippen LogP contribution in [0.1, 0.15) is 23.6 Å². The molecule has 0 aliphatic rings. The van der Waals surface area contributed by atoms with Gasteiger partial charge >= 0.3 is 0 Å². The molecule has 5 heteroatoms. The third kappa shape index (κ3) is 4.03. The van der Waals surface area contributed by atoms with E-state index in [0.717, 1.165) is 16.7 Å². The Balaban J connectivity index is 2.22. The van der Waals surface area contributed by atoms with Crippen LogP contribution < -0.4 is 4.90 Å². The summed E-state index contributed by atoms with van der Waals surface area (Å²) in [6, 6.07) is 14.8. The maximum absolute atomic E-state index is 12.7. The topological polar surface area (TPSA) is 54.5 Å². The average molecular weight is 345 g/mol. The smallest absolute Gasteiger partial charge is 0.244 e. The molecular weight excluding hydrogens is 322 g/mol. The fraction of sp³-hybridized carbons (Fsp3) is 0.316. The van der Waals surface area contributed by atoms with Gasteiger partial charge in [0, 0.05) is 12.7 Å². The van der Waals surface area contributed by atoms with Crippen molar-refractivity contribution < 1.29 is 13.2 Å². The third-order valence-corrected chi connectivity index (χ3v) is 6.21. The molecule has 0 aliphatic heterocycles. The Kier molecular flexibility index (Phi) is 5.44. The van der Waals surface area contributed by atoms with Gasteiger partial charge in [0.2, 0.25) is 5.91 Å². The molecule has 2 aromatic carbocycles. The van der Waals surface area contributed by atoms with E-state index < -0.39 is 21.0 Å². The Morgan fingerprint density at radius 2 is 1.71 bits per heavy atom. The van der Waals surface area contributed by atoms with Crippen molar-refractivity contribution in [3.63, 3.8) is 0 Å². The Hall–Kier alpha value is -2.14. The van der Waals surface area contributed by atoms with Gasteiger partial charge in [-0.1, -0.05) is 42.0 Å². The number of carbonyl (C=O) groups excluding carboxylic acids is 1. The Labute approximate surface area is 144 Å². The van der Waals surface area contributed by atoms with Crippen LogP contribution >= 0.6 is 0 Å². The molecule has 2 rings (SSSR count). The first-order chi connectivity index (χ1) is 11.2. The number of amides is 1. The normalized spacial score (nSPS) is 12.7. The van der Waals surface area contributed by atoms with Crippen LogP contribution in [0.5, 0.6) is 0 Å². The molecule has 128 valence electrons. The van der Waals surface area contributed by atoms with E-state index >= 15 is 0 Å². The van der Waals surface area contributed by atoms with Crippen molar-refractivity contribution in [3.8, 4) is 0 Å². The molecule has 0 saturated carbocycles. The molecule has 1 amide bonds. The quantitative estimate of drug-likeness (QED) is 0.836. The zero-order valence-corrected chi connectivity index (χ0v) is 15.3. The number of benzene rings is 2. The molecule has 0 aromatic heterocycles. The highest BCUT2D eigenvalue weighted by atomic mass is 32.2. The van der Waals surface area contributed by atoms with E-state index in [-0.39, 0.29) is 5.75 Å². The van der Waals surface area contributed by atoms with Crippen molar-refractivity contribution in [2.45, 2.75) is 31.8 Å². The van der Waals surface area contributed by atoms with Gasteiger partial charge in [0.1, 0.15) is 5.25 Å². The Morgan fingerprint density at radius 1 is 1.08 bits per heavy atom. The summed E-state index contributed by atoms with van der Waals surface area (Å²) in [6.07, 6.45) is 0. The van der Waals surface area contributed by atoms with Crippen LogP contribution in [0.2, 0.25) is 0 Å². The summed E-state index contributed by atoms with van der Waals surface area (Å²) < 4.78 is 25.4. The maximum atomic E-state index is 12.7. The van der Waals surface area contributed by atoms with Crippen LogP contribution in [0.25, 0.3) is 0 Å². The van der Waals surface area contributed by atoms with Gasteiger partial charge in [-0.05, 0) is 44.0 Å². The Bertz CT molecular complexity index is 829. The standard InChI is InChI=1S/C19H23NO3S/c1-14-10-11-15(2)17(12-14)13-24(22,23)16(3)19(21)20(4)18-8-6-5-7-9-18/h5-12,16H,13H2,1-4H3. The Morgan fingerprint density at radius 3 is 2.33 bits per heavy atom. The van der Waals surface area contributed by atoms with Crippen molar-refractivity contribution in [1.29, 1.82) is 0 Å². The summed E-state index contributed by atoms with van der Waals surface area (Å²) in [7, 11) is -2.00. The highest BCUT2D eigenvalue weighted by Gasteiger charge is 2.31. The van der Waals surface area contributed by atoms with Gasteiger partial charge < -0.3 is 4.90 Å². The molecule has 2 aromatic rings. The fourth-order valence-corrected chi connectivity index (χ4v) is 3.96. The van der Waals surface area contributed by atoms with E-state index in [1.165, 1.54) is 11.8 Å². The highest BCUT2D eigenvalue weighted by Crippen LogP contribution is 2.20. The van der Waals surface area contributed by atoms with Gasteiger partial charge in [0.05, 0.1) is 5.75 Å². The number of para-hydroxylation sites is 1. The van der Waals surface area contributed by atoms with Crippen molar-refractivity contribution in [3.05, 3.63) is 65.2 Å². The zero-order chi connectivity index (χ0) is 17.9. The van der Waals surface area contributed by atoms with Gasteiger partial charge in [-0.2, -0.15) is 0 Å². The van der Waals surface area contributed by atoms with Gasteiger partial charge in [0.15, 0.2) is 9.84 Å². The second kappa shape index (κ2) is 7.18. The summed E-state index contributed by atoms with van der Waals surface area (Å²) in [5.41, 5.74) is 3.35. The van der Waals surface area contributed by atoms with Crippen molar-refractivity contribution in [2.24, 2.45) is 0 Å². The first-order valence-electron chi connectivity index (χ1n) is 7.82. The molecule has 0 N–H and O–H groups in total. The number of hydrogen-bond donors (Lipinski definition) is 0. The lowest BCUT2D eigenvalue weighted by Crippen LogP contribution is -2.39. The summed E-state index contributed by atoms with van der Waals surface area (Å²) in [5.74, 6) is -0.553. The number of carbonyl (C=O) groups is 1. The zero-order valence-electron chi connectivity index (χ0n) is 14.5. The molecule has 0 aliphatic carbocycles. The van der Waals surface area contributed by atoms with Crippen LogP contribution in [0.3, 0.4) is 0 Å².